The highest BCUT2D eigenvalue weighted by Gasteiger charge is 1.97. The van der Waals surface area contributed by atoms with Crippen molar-refractivity contribution in [2.24, 2.45) is 0 Å². The first-order chi connectivity index (χ1) is 9.74. The van der Waals surface area contributed by atoms with Gasteiger partial charge < -0.3 is 15.4 Å². The van der Waals surface area contributed by atoms with Gasteiger partial charge in [-0.3, -0.25) is 0 Å². The minimum Gasteiger partial charge on any atom is -0.492 e. The fourth-order valence-electron chi connectivity index (χ4n) is 1.74. The van der Waals surface area contributed by atoms with Crippen LogP contribution in [0.15, 0.2) is 54.6 Å². The summed E-state index contributed by atoms with van der Waals surface area (Å²) >= 11 is 5.21. The maximum absolute atomic E-state index is 5.64. The summed E-state index contributed by atoms with van der Waals surface area (Å²) < 4.78 is 5.64. The average Bonchev–Trinajstić information content (AvgIpc) is 2.45. The number of nitrogens with one attached hydrogen (secondary N) is 2. The molecule has 0 heterocycles. The molecule has 3 nitrogen and oxygen atoms in total. The SMILES string of the molecule is Cc1cccc(OCCNC(=S)Nc2ccccc2)c1. The molecule has 2 N–H and O–H groups in total. The molecule has 0 amide bonds. The maximum Gasteiger partial charge on any atom is 0.170 e. The molecule has 0 unspecified atom stereocenters. The van der Waals surface area contributed by atoms with Gasteiger partial charge in [-0.1, -0.05) is 30.3 Å². The van der Waals surface area contributed by atoms with E-state index in [0.717, 1.165) is 11.4 Å². The number of para-hydroxylation sites is 1. The van der Waals surface area contributed by atoms with Gasteiger partial charge in [0, 0.05) is 5.69 Å². The van der Waals surface area contributed by atoms with Crippen molar-refractivity contribution >= 4 is 23.0 Å². The zero-order valence-electron chi connectivity index (χ0n) is 11.4. The summed E-state index contributed by atoms with van der Waals surface area (Å²) in [6, 6.07) is 17.8. The van der Waals surface area contributed by atoms with Crippen LogP contribution in [0.5, 0.6) is 5.75 Å². The number of benzene rings is 2. The van der Waals surface area contributed by atoms with Crippen LogP contribution in [0.1, 0.15) is 5.56 Å². The summed E-state index contributed by atoms with van der Waals surface area (Å²) in [4.78, 5) is 0. The summed E-state index contributed by atoms with van der Waals surface area (Å²) in [5, 5.41) is 6.83. The highest BCUT2D eigenvalue weighted by Crippen LogP contribution is 2.11. The third-order valence-corrected chi connectivity index (χ3v) is 2.92. The summed E-state index contributed by atoms with van der Waals surface area (Å²) in [7, 11) is 0. The topological polar surface area (TPSA) is 33.3 Å². The van der Waals surface area contributed by atoms with E-state index in [2.05, 4.69) is 10.6 Å². The Labute approximate surface area is 125 Å². The number of ether oxygens (including phenoxy) is 1. The number of anilines is 1. The largest absolute Gasteiger partial charge is 0.492 e. The fraction of sp³-hybridized carbons (Fsp3) is 0.188. The molecule has 20 heavy (non-hydrogen) atoms. The predicted molar refractivity (Wildman–Crippen MR) is 87.3 cm³/mol. The van der Waals surface area contributed by atoms with Crippen LogP contribution in [0.25, 0.3) is 0 Å². The van der Waals surface area contributed by atoms with Crippen LogP contribution in [0, 0.1) is 6.92 Å². The van der Waals surface area contributed by atoms with Crippen LogP contribution >= 0.6 is 12.2 Å². The molecule has 0 saturated carbocycles. The first-order valence-corrected chi connectivity index (χ1v) is 6.94. The molecule has 0 spiro atoms. The van der Waals surface area contributed by atoms with Crippen LogP contribution in [0.4, 0.5) is 5.69 Å². The lowest BCUT2D eigenvalue weighted by atomic mass is 10.2. The van der Waals surface area contributed by atoms with Gasteiger partial charge in [-0.2, -0.15) is 0 Å². The lowest BCUT2D eigenvalue weighted by Crippen LogP contribution is -2.31. The Bertz CT molecular complexity index is 557. The van der Waals surface area contributed by atoms with E-state index in [1.54, 1.807) is 0 Å². The smallest absolute Gasteiger partial charge is 0.170 e. The highest BCUT2D eigenvalue weighted by atomic mass is 32.1. The van der Waals surface area contributed by atoms with Gasteiger partial charge in [0.2, 0.25) is 0 Å². The van der Waals surface area contributed by atoms with E-state index in [0.29, 0.717) is 18.3 Å². The molecule has 4 heteroatoms. The van der Waals surface area contributed by atoms with E-state index >= 15 is 0 Å². The van der Waals surface area contributed by atoms with Crippen molar-refractivity contribution < 1.29 is 4.74 Å². The Morgan fingerprint density at radius 2 is 1.90 bits per heavy atom. The van der Waals surface area contributed by atoms with Gasteiger partial charge in [0.1, 0.15) is 12.4 Å². The second-order valence-corrected chi connectivity index (χ2v) is 4.82. The molecule has 0 saturated heterocycles. The predicted octanol–water partition coefficient (Wildman–Crippen LogP) is 3.36. The summed E-state index contributed by atoms with van der Waals surface area (Å²) in [5.74, 6) is 0.883. The number of thiocarbonyl (C=S) groups is 1. The van der Waals surface area contributed by atoms with Gasteiger partial charge in [0.05, 0.1) is 6.54 Å². The molecule has 2 aromatic carbocycles. The quantitative estimate of drug-likeness (QED) is 0.652. The summed E-state index contributed by atoms with van der Waals surface area (Å²) in [6.07, 6.45) is 0. The van der Waals surface area contributed by atoms with E-state index in [4.69, 9.17) is 17.0 Å². The molecule has 0 aromatic heterocycles. The van der Waals surface area contributed by atoms with Crippen molar-refractivity contribution in [1.29, 1.82) is 0 Å². The van der Waals surface area contributed by atoms with E-state index in [1.807, 2.05) is 61.5 Å². The lowest BCUT2D eigenvalue weighted by Gasteiger charge is -2.11. The monoisotopic (exact) mass is 286 g/mol. The Kier molecular flexibility index (Phi) is 5.38. The molecule has 104 valence electrons. The molecule has 0 fully saturated rings. The molecule has 0 radical (unpaired) electrons. The second-order valence-electron chi connectivity index (χ2n) is 4.41. The standard InChI is InChI=1S/C16H18N2OS/c1-13-6-5-9-15(12-13)19-11-10-17-16(20)18-14-7-3-2-4-8-14/h2-9,12H,10-11H2,1H3,(H2,17,18,20). The zero-order valence-corrected chi connectivity index (χ0v) is 12.2. The normalized spacial score (nSPS) is 9.85. The average molecular weight is 286 g/mol. The van der Waals surface area contributed by atoms with Gasteiger partial charge in [0.15, 0.2) is 5.11 Å². The summed E-state index contributed by atoms with van der Waals surface area (Å²) in [5.41, 5.74) is 2.17. The van der Waals surface area contributed by atoms with E-state index in [-0.39, 0.29) is 0 Å². The summed E-state index contributed by atoms with van der Waals surface area (Å²) in [6.45, 7) is 3.27. The molecule has 0 atom stereocenters. The van der Waals surface area contributed by atoms with Crippen molar-refractivity contribution in [3.63, 3.8) is 0 Å². The van der Waals surface area contributed by atoms with Crippen LogP contribution in [0.2, 0.25) is 0 Å². The minimum atomic E-state index is 0.570. The van der Waals surface area contributed by atoms with Gasteiger partial charge in [-0.25, -0.2) is 0 Å². The van der Waals surface area contributed by atoms with E-state index in [9.17, 15) is 0 Å². The molecular weight excluding hydrogens is 268 g/mol. The molecular formula is C16H18N2OS. The number of aryl methyl sites for hydroxylation is 1. The van der Waals surface area contributed by atoms with Crippen molar-refractivity contribution in [2.45, 2.75) is 6.92 Å². The number of hydrogen-bond acceptors (Lipinski definition) is 2. The highest BCUT2D eigenvalue weighted by molar-refractivity contribution is 7.80. The third-order valence-electron chi connectivity index (χ3n) is 2.68. The van der Waals surface area contributed by atoms with Crippen LogP contribution in [-0.2, 0) is 0 Å². The first kappa shape index (κ1) is 14.3. The van der Waals surface area contributed by atoms with Crippen molar-refractivity contribution in [1.82, 2.24) is 5.32 Å². The molecule has 0 aliphatic rings. The lowest BCUT2D eigenvalue weighted by molar-refractivity contribution is 0.322. The Morgan fingerprint density at radius 1 is 1.10 bits per heavy atom. The zero-order chi connectivity index (χ0) is 14.2. The maximum atomic E-state index is 5.64. The number of rotatable bonds is 5. The molecule has 0 bridgehead atoms. The fourth-order valence-corrected chi connectivity index (χ4v) is 1.96. The second kappa shape index (κ2) is 7.50. The van der Waals surface area contributed by atoms with Gasteiger partial charge in [-0.05, 0) is 49.0 Å². The van der Waals surface area contributed by atoms with E-state index in [1.165, 1.54) is 5.56 Å². The molecule has 2 aromatic rings. The molecule has 2 rings (SSSR count). The Morgan fingerprint density at radius 3 is 2.65 bits per heavy atom. The van der Waals surface area contributed by atoms with Crippen molar-refractivity contribution in [3.8, 4) is 5.75 Å². The van der Waals surface area contributed by atoms with E-state index < -0.39 is 0 Å². The first-order valence-electron chi connectivity index (χ1n) is 6.53. The Hall–Kier alpha value is -2.07. The van der Waals surface area contributed by atoms with Crippen molar-refractivity contribution in [2.75, 3.05) is 18.5 Å². The molecule has 0 aliphatic carbocycles. The minimum absolute atomic E-state index is 0.570. The third kappa shape index (κ3) is 4.90. The molecule has 0 aliphatic heterocycles. The van der Waals surface area contributed by atoms with Crippen molar-refractivity contribution in [3.05, 3.63) is 60.2 Å². The van der Waals surface area contributed by atoms with Crippen LogP contribution in [-0.4, -0.2) is 18.3 Å². The van der Waals surface area contributed by atoms with Crippen LogP contribution < -0.4 is 15.4 Å². The van der Waals surface area contributed by atoms with Gasteiger partial charge >= 0.3 is 0 Å². The number of hydrogen-bond donors (Lipinski definition) is 2. The Balaban J connectivity index is 1.67. The van der Waals surface area contributed by atoms with Gasteiger partial charge in [-0.15, -0.1) is 0 Å². The van der Waals surface area contributed by atoms with Gasteiger partial charge in [0.25, 0.3) is 0 Å². The van der Waals surface area contributed by atoms with Crippen LogP contribution in [0.3, 0.4) is 0 Å².